The largest absolute Gasteiger partial charge is 0.384 e. The molecule has 2 aromatic rings. The molecular formula is C14H16BrN3O2. The molecule has 0 saturated heterocycles. The summed E-state index contributed by atoms with van der Waals surface area (Å²) < 4.78 is 7.81. The van der Waals surface area contributed by atoms with Crippen LogP contribution in [0.25, 0.3) is 0 Å². The van der Waals surface area contributed by atoms with Gasteiger partial charge in [-0.25, -0.2) is 4.98 Å². The summed E-state index contributed by atoms with van der Waals surface area (Å²) in [6.07, 6.45) is 3.83. The van der Waals surface area contributed by atoms with Gasteiger partial charge in [-0.05, 0) is 17.7 Å². The normalized spacial score (nSPS) is 10.5. The molecule has 6 heteroatoms. The number of anilines is 1. The van der Waals surface area contributed by atoms with Crippen LogP contribution in [-0.2, 0) is 16.1 Å². The molecule has 1 N–H and O–H groups in total. The summed E-state index contributed by atoms with van der Waals surface area (Å²) in [6, 6.07) is 8.04. The molecule has 1 amide bonds. The molecule has 0 fully saturated rings. The van der Waals surface area contributed by atoms with Crippen LogP contribution >= 0.6 is 15.9 Å². The quantitative estimate of drug-likeness (QED) is 0.881. The van der Waals surface area contributed by atoms with Gasteiger partial charge in [0.2, 0.25) is 11.9 Å². The molecule has 0 spiro atoms. The third-order valence-electron chi connectivity index (χ3n) is 2.77. The zero-order valence-electron chi connectivity index (χ0n) is 11.2. The van der Waals surface area contributed by atoms with Crippen molar-refractivity contribution in [2.75, 3.05) is 19.0 Å². The van der Waals surface area contributed by atoms with Gasteiger partial charge in [0, 0.05) is 24.0 Å². The molecule has 1 aromatic heterocycles. The average molecular weight is 338 g/mol. The number of aromatic nitrogens is 2. The average Bonchev–Trinajstić information content (AvgIpc) is 2.86. The van der Waals surface area contributed by atoms with Gasteiger partial charge in [0.1, 0.15) is 0 Å². The van der Waals surface area contributed by atoms with Crippen molar-refractivity contribution in [3.63, 3.8) is 0 Å². The number of nitrogens with one attached hydrogen (secondary N) is 1. The number of benzene rings is 1. The minimum Gasteiger partial charge on any atom is -0.384 e. The molecule has 1 aromatic carbocycles. The van der Waals surface area contributed by atoms with E-state index in [2.05, 4.69) is 26.2 Å². The molecule has 20 heavy (non-hydrogen) atoms. The van der Waals surface area contributed by atoms with E-state index in [9.17, 15) is 4.79 Å². The maximum absolute atomic E-state index is 11.7. The van der Waals surface area contributed by atoms with E-state index in [0.717, 1.165) is 10.0 Å². The van der Waals surface area contributed by atoms with Crippen molar-refractivity contribution >= 4 is 27.8 Å². The third-order valence-corrected chi connectivity index (χ3v) is 3.29. The molecule has 0 bridgehead atoms. The first-order valence-electron chi connectivity index (χ1n) is 6.23. The van der Waals surface area contributed by atoms with Crippen LogP contribution in [0.3, 0.4) is 0 Å². The minimum absolute atomic E-state index is 0.102. The second-order valence-corrected chi connectivity index (χ2v) is 5.21. The molecule has 2 rings (SSSR count). The Labute approximate surface area is 126 Å². The van der Waals surface area contributed by atoms with E-state index in [1.165, 1.54) is 0 Å². The Morgan fingerprint density at radius 3 is 2.85 bits per heavy atom. The number of nitrogens with zero attached hydrogens (tertiary/aromatic N) is 2. The van der Waals surface area contributed by atoms with Crippen LogP contribution in [0.1, 0.15) is 12.0 Å². The number of amides is 1. The standard InChI is InChI=1S/C14H16BrN3O2/c1-20-9-6-13(19)17-14-16-7-8-18(14)10-11-2-4-12(15)5-3-11/h2-5,7-8H,6,9-10H2,1H3,(H,16,17,19). The number of carbonyl (C=O) groups excluding carboxylic acids is 1. The summed E-state index contributed by atoms with van der Waals surface area (Å²) in [5.74, 6) is 0.448. The van der Waals surface area contributed by atoms with E-state index in [4.69, 9.17) is 4.74 Å². The van der Waals surface area contributed by atoms with Crippen LogP contribution in [0.2, 0.25) is 0 Å². The van der Waals surface area contributed by atoms with E-state index in [1.54, 1.807) is 13.3 Å². The summed E-state index contributed by atoms with van der Waals surface area (Å²) >= 11 is 3.41. The number of imidazole rings is 1. The first-order chi connectivity index (χ1) is 9.69. The molecule has 0 aliphatic rings. The summed E-state index contributed by atoms with van der Waals surface area (Å²) in [7, 11) is 1.57. The fourth-order valence-electron chi connectivity index (χ4n) is 1.73. The molecule has 5 nitrogen and oxygen atoms in total. The van der Waals surface area contributed by atoms with Gasteiger partial charge in [-0.2, -0.15) is 0 Å². The van der Waals surface area contributed by atoms with Crippen molar-refractivity contribution in [1.82, 2.24) is 9.55 Å². The number of hydrogen-bond donors (Lipinski definition) is 1. The lowest BCUT2D eigenvalue weighted by atomic mass is 10.2. The number of ether oxygens (including phenoxy) is 1. The fraction of sp³-hybridized carbons (Fsp3) is 0.286. The highest BCUT2D eigenvalue weighted by molar-refractivity contribution is 9.10. The van der Waals surface area contributed by atoms with Crippen LogP contribution in [0, 0.1) is 0 Å². The monoisotopic (exact) mass is 337 g/mol. The van der Waals surface area contributed by atoms with Gasteiger partial charge in [0.05, 0.1) is 19.6 Å². The predicted octanol–water partition coefficient (Wildman–Crippen LogP) is 2.67. The number of methoxy groups -OCH3 is 1. The SMILES string of the molecule is COCCC(=O)Nc1nccn1Cc1ccc(Br)cc1. The molecule has 0 aliphatic carbocycles. The summed E-state index contributed by atoms with van der Waals surface area (Å²) in [4.78, 5) is 15.8. The first-order valence-corrected chi connectivity index (χ1v) is 7.02. The molecule has 0 atom stereocenters. The molecule has 0 unspecified atom stereocenters. The van der Waals surface area contributed by atoms with Crippen molar-refractivity contribution in [2.45, 2.75) is 13.0 Å². The Hall–Kier alpha value is -1.66. The van der Waals surface area contributed by atoms with E-state index < -0.39 is 0 Å². The lowest BCUT2D eigenvalue weighted by molar-refractivity contribution is -0.117. The van der Waals surface area contributed by atoms with Crippen molar-refractivity contribution in [3.8, 4) is 0 Å². The van der Waals surface area contributed by atoms with Crippen LogP contribution in [0.15, 0.2) is 41.1 Å². The molecular weight excluding hydrogens is 322 g/mol. The zero-order chi connectivity index (χ0) is 14.4. The second-order valence-electron chi connectivity index (χ2n) is 4.30. The maximum Gasteiger partial charge on any atom is 0.229 e. The highest BCUT2D eigenvalue weighted by Gasteiger charge is 2.07. The minimum atomic E-state index is -0.102. The molecule has 106 valence electrons. The fourth-order valence-corrected chi connectivity index (χ4v) is 1.99. The van der Waals surface area contributed by atoms with Crippen molar-refractivity contribution in [2.24, 2.45) is 0 Å². The summed E-state index contributed by atoms with van der Waals surface area (Å²) in [5, 5.41) is 2.78. The van der Waals surface area contributed by atoms with Gasteiger partial charge in [-0.15, -0.1) is 0 Å². The highest BCUT2D eigenvalue weighted by atomic mass is 79.9. The first kappa shape index (κ1) is 14.7. The van der Waals surface area contributed by atoms with Crippen LogP contribution in [0.4, 0.5) is 5.95 Å². The van der Waals surface area contributed by atoms with E-state index in [1.807, 2.05) is 35.0 Å². The van der Waals surface area contributed by atoms with Gasteiger partial charge in [-0.3, -0.25) is 10.1 Å². The Bertz CT molecular complexity index is 566. The van der Waals surface area contributed by atoms with E-state index in [-0.39, 0.29) is 5.91 Å². The van der Waals surface area contributed by atoms with E-state index in [0.29, 0.717) is 25.5 Å². The van der Waals surface area contributed by atoms with Gasteiger partial charge in [0.15, 0.2) is 0 Å². The lowest BCUT2D eigenvalue weighted by Crippen LogP contribution is -2.17. The van der Waals surface area contributed by atoms with Crippen LogP contribution < -0.4 is 5.32 Å². The summed E-state index contributed by atoms with van der Waals surface area (Å²) in [5.41, 5.74) is 1.14. The third kappa shape index (κ3) is 4.18. The van der Waals surface area contributed by atoms with Crippen LogP contribution in [0.5, 0.6) is 0 Å². The summed E-state index contributed by atoms with van der Waals surface area (Å²) in [6.45, 7) is 1.06. The molecule has 1 heterocycles. The molecule has 0 saturated carbocycles. The zero-order valence-corrected chi connectivity index (χ0v) is 12.8. The number of carbonyl (C=O) groups is 1. The van der Waals surface area contributed by atoms with Gasteiger partial charge < -0.3 is 9.30 Å². The van der Waals surface area contributed by atoms with Gasteiger partial charge in [0.25, 0.3) is 0 Å². The number of halogens is 1. The van der Waals surface area contributed by atoms with Gasteiger partial charge in [-0.1, -0.05) is 28.1 Å². The Kier molecular flexibility index (Phi) is 5.31. The molecule has 0 aliphatic heterocycles. The van der Waals surface area contributed by atoms with Crippen molar-refractivity contribution in [3.05, 3.63) is 46.7 Å². The van der Waals surface area contributed by atoms with Gasteiger partial charge >= 0.3 is 0 Å². The lowest BCUT2D eigenvalue weighted by Gasteiger charge is -2.09. The Morgan fingerprint density at radius 1 is 1.40 bits per heavy atom. The number of rotatable bonds is 6. The maximum atomic E-state index is 11.7. The highest BCUT2D eigenvalue weighted by Crippen LogP contribution is 2.13. The smallest absolute Gasteiger partial charge is 0.229 e. The Balaban J connectivity index is 2.01. The topological polar surface area (TPSA) is 56.1 Å². The Morgan fingerprint density at radius 2 is 2.15 bits per heavy atom. The predicted molar refractivity (Wildman–Crippen MR) is 80.6 cm³/mol. The molecule has 0 radical (unpaired) electrons. The van der Waals surface area contributed by atoms with E-state index >= 15 is 0 Å². The van der Waals surface area contributed by atoms with Crippen molar-refractivity contribution in [1.29, 1.82) is 0 Å². The van der Waals surface area contributed by atoms with Crippen LogP contribution in [-0.4, -0.2) is 29.2 Å². The van der Waals surface area contributed by atoms with Crippen molar-refractivity contribution < 1.29 is 9.53 Å². The number of hydrogen-bond acceptors (Lipinski definition) is 3. The second kappa shape index (κ2) is 7.21.